The summed E-state index contributed by atoms with van der Waals surface area (Å²) in [5, 5.41) is 12.0. The van der Waals surface area contributed by atoms with E-state index >= 15 is 0 Å². The highest BCUT2D eigenvalue weighted by molar-refractivity contribution is 8.02. The summed E-state index contributed by atoms with van der Waals surface area (Å²) in [6.45, 7) is 3.52. The number of carbonyl (C=O) groups excluding carboxylic acids is 1. The largest absolute Gasteiger partial charge is 0.393 e. The van der Waals surface area contributed by atoms with Crippen molar-refractivity contribution in [3.8, 4) is 0 Å². The molecule has 3 atom stereocenters. The van der Waals surface area contributed by atoms with E-state index in [9.17, 15) is 18.3 Å². The normalized spacial score (nSPS) is 25.6. The molecule has 0 aromatic rings. The van der Waals surface area contributed by atoms with Crippen LogP contribution >= 0.6 is 11.8 Å². The van der Waals surface area contributed by atoms with Crippen LogP contribution in [0, 0.1) is 0 Å². The standard InChI is InChI=1S/C11H21NO4S2/c1-8(5-9(2)13)12-11(14)6-17-10-3-4-18(15,16)7-10/h8-10,13H,3-7H2,1-2H3,(H,12,14). The summed E-state index contributed by atoms with van der Waals surface area (Å²) in [5.74, 6) is 0.612. The quantitative estimate of drug-likeness (QED) is 0.730. The highest BCUT2D eigenvalue weighted by atomic mass is 32.2. The lowest BCUT2D eigenvalue weighted by atomic mass is 10.1. The fourth-order valence-electron chi connectivity index (χ4n) is 1.97. The maximum atomic E-state index is 11.6. The molecule has 1 aliphatic rings. The second kappa shape index (κ2) is 6.77. The van der Waals surface area contributed by atoms with Crippen LogP contribution in [0.15, 0.2) is 0 Å². The predicted octanol–water partition coefficient (Wildman–Crippen LogP) is 0.182. The molecule has 7 heteroatoms. The fraction of sp³-hybridized carbons (Fsp3) is 0.909. The molecule has 5 nitrogen and oxygen atoms in total. The minimum absolute atomic E-state index is 0.0489. The third kappa shape index (κ3) is 6.06. The van der Waals surface area contributed by atoms with E-state index in [1.165, 1.54) is 11.8 Å². The van der Waals surface area contributed by atoms with Crippen molar-refractivity contribution in [3.63, 3.8) is 0 Å². The third-order valence-electron chi connectivity index (χ3n) is 2.74. The average Bonchev–Trinajstić information content (AvgIpc) is 2.54. The first-order valence-corrected chi connectivity index (χ1v) is 8.95. The number of thioether (sulfide) groups is 1. The van der Waals surface area contributed by atoms with Crippen LogP contribution < -0.4 is 5.32 Å². The lowest BCUT2D eigenvalue weighted by molar-refractivity contribution is -0.119. The summed E-state index contributed by atoms with van der Waals surface area (Å²) < 4.78 is 22.5. The van der Waals surface area contributed by atoms with E-state index in [1.807, 2.05) is 6.92 Å². The number of rotatable bonds is 6. The molecule has 106 valence electrons. The van der Waals surface area contributed by atoms with Gasteiger partial charge in [-0.3, -0.25) is 4.79 Å². The van der Waals surface area contributed by atoms with Gasteiger partial charge in [-0.1, -0.05) is 0 Å². The summed E-state index contributed by atoms with van der Waals surface area (Å²) in [5.41, 5.74) is 0. The summed E-state index contributed by atoms with van der Waals surface area (Å²) in [6.07, 6.45) is 0.727. The third-order valence-corrected chi connectivity index (χ3v) is 6.02. The van der Waals surface area contributed by atoms with Crippen LogP contribution in [0.1, 0.15) is 26.7 Å². The Balaban J connectivity index is 2.22. The van der Waals surface area contributed by atoms with Crippen molar-refractivity contribution in [2.24, 2.45) is 0 Å². The first-order valence-electron chi connectivity index (χ1n) is 6.08. The molecule has 1 aliphatic heterocycles. The molecule has 2 N–H and O–H groups in total. The maximum absolute atomic E-state index is 11.6. The van der Waals surface area contributed by atoms with Gasteiger partial charge in [-0.15, -0.1) is 11.8 Å². The van der Waals surface area contributed by atoms with Crippen molar-refractivity contribution in [1.29, 1.82) is 0 Å². The van der Waals surface area contributed by atoms with E-state index in [0.29, 0.717) is 12.8 Å². The van der Waals surface area contributed by atoms with Crippen molar-refractivity contribution in [1.82, 2.24) is 5.32 Å². The number of aliphatic hydroxyl groups excluding tert-OH is 1. The first kappa shape index (κ1) is 15.8. The summed E-state index contributed by atoms with van der Waals surface area (Å²) >= 11 is 1.40. The highest BCUT2D eigenvalue weighted by Gasteiger charge is 2.28. The van der Waals surface area contributed by atoms with Gasteiger partial charge in [0.25, 0.3) is 0 Å². The second-order valence-electron chi connectivity index (χ2n) is 4.89. The summed E-state index contributed by atoms with van der Waals surface area (Å²) in [4.78, 5) is 11.6. The van der Waals surface area contributed by atoms with Gasteiger partial charge in [-0.25, -0.2) is 8.42 Å². The topological polar surface area (TPSA) is 83.5 Å². The van der Waals surface area contributed by atoms with Gasteiger partial charge in [0.15, 0.2) is 9.84 Å². The molecule has 0 radical (unpaired) electrons. The average molecular weight is 295 g/mol. The zero-order chi connectivity index (χ0) is 13.8. The van der Waals surface area contributed by atoms with E-state index in [1.54, 1.807) is 6.92 Å². The number of hydrogen-bond acceptors (Lipinski definition) is 5. The van der Waals surface area contributed by atoms with Gasteiger partial charge in [-0.2, -0.15) is 0 Å². The monoisotopic (exact) mass is 295 g/mol. The molecule has 0 bridgehead atoms. The van der Waals surface area contributed by atoms with Crippen LogP contribution in [-0.2, 0) is 14.6 Å². The van der Waals surface area contributed by atoms with E-state index in [-0.39, 0.29) is 34.5 Å². The van der Waals surface area contributed by atoms with Gasteiger partial charge < -0.3 is 10.4 Å². The Labute approximate surface area is 113 Å². The number of aliphatic hydroxyl groups is 1. The molecule has 1 amide bonds. The Morgan fingerprint density at radius 2 is 2.17 bits per heavy atom. The van der Waals surface area contributed by atoms with Crippen LogP contribution in [0.3, 0.4) is 0 Å². The molecule has 18 heavy (non-hydrogen) atoms. The lowest BCUT2D eigenvalue weighted by Gasteiger charge is -2.15. The van der Waals surface area contributed by atoms with E-state index in [2.05, 4.69) is 5.32 Å². The number of nitrogens with one attached hydrogen (secondary N) is 1. The smallest absolute Gasteiger partial charge is 0.230 e. The van der Waals surface area contributed by atoms with Crippen LogP contribution in [0.2, 0.25) is 0 Å². The fourth-order valence-corrected chi connectivity index (χ4v) is 5.43. The molecule has 0 aliphatic carbocycles. The predicted molar refractivity (Wildman–Crippen MR) is 73.4 cm³/mol. The van der Waals surface area contributed by atoms with Crippen LogP contribution in [0.5, 0.6) is 0 Å². The number of hydrogen-bond donors (Lipinski definition) is 2. The van der Waals surface area contributed by atoms with Gasteiger partial charge in [-0.05, 0) is 26.7 Å². The minimum atomic E-state index is -2.87. The van der Waals surface area contributed by atoms with Crippen molar-refractivity contribution in [2.75, 3.05) is 17.3 Å². The maximum Gasteiger partial charge on any atom is 0.230 e. The molecular weight excluding hydrogens is 274 g/mol. The van der Waals surface area contributed by atoms with Gasteiger partial charge in [0, 0.05) is 11.3 Å². The molecule has 0 aromatic heterocycles. The molecule has 0 saturated carbocycles. The van der Waals surface area contributed by atoms with Crippen molar-refractivity contribution < 1.29 is 18.3 Å². The van der Waals surface area contributed by atoms with E-state index < -0.39 is 15.9 Å². The Morgan fingerprint density at radius 3 is 2.67 bits per heavy atom. The zero-order valence-corrected chi connectivity index (χ0v) is 12.4. The Morgan fingerprint density at radius 1 is 1.50 bits per heavy atom. The van der Waals surface area contributed by atoms with Gasteiger partial charge in [0.2, 0.25) is 5.91 Å². The van der Waals surface area contributed by atoms with E-state index in [4.69, 9.17) is 0 Å². The first-order chi connectivity index (χ1) is 8.28. The minimum Gasteiger partial charge on any atom is -0.393 e. The van der Waals surface area contributed by atoms with Crippen LogP contribution in [0.4, 0.5) is 0 Å². The van der Waals surface area contributed by atoms with E-state index in [0.717, 1.165) is 0 Å². The molecule has 0 spiro atoms. The number of sulfone groups is 1. The van der Waals surface area contributed by atoms with Gasteiger partial charge >= 0.3 is 0 Å². The molecule has 1 rings (SSSR count). The Kier molecular flexibility index (Phi) is 5.94. The lowest BCUT2D eigenvalue weighted by Crippen LogP contribution is -2.36. The number of carbonyl (C=O) groups is 1. The Bertz CT molecular complexity index is 381. The number of amides is 1. The molecule has 1 heterocycles. The second-order valence-corrected chi connectivity index (χ2v) is 8.41. The van der Waals surface area contributed by atoms with Crippen LogP contribution in [0.25, 0.3) is 0 Å². The Hall–Kier alpha value is -0.270. The summed E-state index contributed by atoms with van der Waals surface area (Å²) in [6, 6.07) is -0.0644. The highest BCUT2D eigenvalue weighted by Crippen LogP contribution is 2.23. The van der Waals surface area contributed by atoms with Crippen molar-refractivity contribution in [2.45, 2.75) is 44.1 Å². The van der Waals surface area contributed by atoms with Crippen molar-refractivity contribution in [3.05, 3.63) is 0 Å². The zero-order valence-electron chi connectivity index (χ0n) is 10.8. The SMILES string of the molecule is CC(O)CC(C)NC(=O)CSC1CCS(=O)(=O)C1. The molecular formula is C11H21NO4S2. The van der Waals surface area contributed by atoms with Gasteiger partial charge in [0.05, 0.1) is 23.4 Å². The molecule has 3 unspecified atom stereocenters. The van der Waals surface area contributed by atoms with Gasteiger partial charge in [0.1, 0.15) is 0 Å². The summed E-state index contributed by atoms with van der Waals surface area (Å²) in [7, 11) is -2.87. The molecule has 1 fully saturated rings. The van der Waals surface area contributed by atoms with Crippen molar-refractivity contribution >= 4 is 27.5 Å². The molecule has 0 aromatic carbocycles. The van der Waals surface area contributed by atoms with Crippen LogP contribution in [-0.4, -0.2) is 54.1 Å². The molecule has 1 saturated heterocycles.